The van der Waals surface area contributed by atoms with E-state index in [1.807, 2.05) is 24.3 Å². The maximum absolute atomic E-state index is 12.0. The van der Waals surface area contributed by atoms with Gasteiger partial charge in [0.05, 0.1) is 5.69 Å². The van der Waals surface area contributed by atoms with Gasteiger partial charge in [0.15, 0.2) is 0 Å². The number of hydrogen-bond acceptors (Lipinski definition) is 4. The summed E-state index contributed by atoms with van der Waals surface area (Å²) in [5, 5.41) is 4.61. The number of anilines is 2. The van der Waals surface area contributed by atoms with E-state index >= 15 is 0 Å². The predicted molar refractivity (Wildman–Crippen MR) is 100 cm³/mol. The van der Waals surface area contributed by atoms with Gasteiger partial charge in [-0.25, -0.2) is 9.97 Å². The Kier molecular flexibility index (Phi) is 3.84. The van der Waals surface area contributed by atoms with Crippen LogP contribution in [0.15, 0.2) is 42.6 Å². The maximum atomic E-state index is 12.0. The van der Waals surface area contributed by atoms with Crippen LogP contribution in [0.2, 0.25) is 0 Å². The molecule has 3 N–H and O–H groups in total. The van der Waals surface area contributed by atoms with Gasteiger partial charge >= 0.3 is 0 Å². The molecule has 3 aromatic rings. The van der Waals surface area contributed by atoms with Crippen molar-refractivity contribution in [2.24, 2.45) is 5.92 Å². The molecule has 1 saturated carbocycles. The minimum absolute atomic E-state index is 0.0467. The standard InChI is InChI=1S/C20H20N4O/c1-2-12-5-3-4-6-15(12)17-9-14-10-18(24-20(25)13-7-8-13)22-11-16(14)19(21)23-17/h3-6,9-11,13H,2,7-8H2,1H3,(H2,21,23)(H,22,24,25). The lowest BCUT2D eigenvalue weighted by molar-refractivity contribution is -0.117. The second-order valence-electron chi connectivity index (χ2n) is 6.46. The SMILES string of the molecule is CCc1ccccc1-c1cc2cc(NC(=O)C3CC3)ncc2c(N)n1. The first-order valence-electron chi connectivity index (χ1n) is 8.61. The molecule has 1 aliphatic rings. The van der Waals surface area contributed by atoms with Crippen molar-refractivity contribution in [3.05, 3.63) is 48.2 Å². The maximum Gasteiger partial charge on any atom is 0.228 e. The number of nitrogens with zero attached hydrogens (tertiary/aromatic N) is 2. The Labute approximate surface area is 146 Å². The summed E-state index contributed by atoms with van der Waals surface area (Å²) in [5.74, 6) is 1.20. The summed E-state index contributed by atoms with van der Waals surface area (Å²) < 4.78 is 0. The number of amides is 1. The van der Waals surface area contributed by atoms with Crippen molar-refractivity contribution in [2.75, 3.05) is 11.1 Å². The highest BCUT2D eigenvalue weighted by Crippen LogP contribution is 2.32. The van der Waals surface area contributed by atoms with Crippen molar-refractivity contribution in [1.82, 2.24) is 9.97 Å². The first-order chi connectivity index (χ1) is 12.2. The van der Waals surface area contributed by atoms with Crippen molar-refractivity contribution in [3.63, 3.8) is 0 Å². The van der Waals surface area contributed by atoms with Crippen LogP contribution < -0.4 is 11.1 Å². The van der Waals surface area contributed by atoms with Gasteiger partial charge in [0, 0.05) is 23.1 Å². The van der Waals surface area contributed by atoms with Gasteiger partial charge in [-0.15, -0.1) is 0 Å². The van der Waals surface area contributed by atoms with Crippen molar-refractivity contribution in [1.29, 1.82) is 0 Å². The molecule has 25 heavy (non-hydrogen) atoms. The zero-order valence-electron chi connectivity index (χ0n) is 14.1. The molecule has 4 rings (SSSR count). The van der Waals surface area contributed by atoms with Gasteiger partial charge in [0.2, 0.25) is 5.91 Å². The minimum atomic E-state index is 0.0467. The van der Waals surface area contributed by atoms with Crippen molar-refractivity contribution in [2.45, 2.75) is 26.2 Å². The molecule has 0 bridgehead atoms. The van der Waals surface area contributed by atoms with E-state index in [0.29, 0.717) is 11.6 Å². The fourth-order valence-electron chi connectivity index (χ4n) is 3.03. The number of nitrogen functional groups attached to an aromatic ring is 1. The Balaban J connectivity index is 1.77. The number of carbonyl (C=O) groups excluding carboxylic acids is 1. The van der Waals surface area contributed by atoms with E-state index in [4.69, 9.17) is 5.73 Å². The molecule has 0 spiro atoms. The lowest BCUT2D eigenvalue weighted by atomic mass is 10.0. The fraction of sp³-hybridized carbons (Fsp3) is 0.250. The summed E-state index contributed by atoms with van der Waals surface area (Å²) in [6, 6.07) is 12.1. The Hall–Kier alpha value is -2.95. The van der Waals surface area contributed by atoms with Gasteiger partial charge in [-0.05, 0) is 42.3 Å². The molecule has 2 heterocycles. The van der Waals surface area contributed by atoms with Gasteiger partial charge in [0.25, 0.3) is 0 Å². The monoisotopic (exact) mass is 332 g/mol. The number of rotatable bonds is 4. The van der Waals surface area contributed by atoms with Crippen molar-refractivity contribution < 1.29 is 4.79 Å². The number of nitrogens with two attached hydrogens (primary N) is 1. The van der Waals surface area contributed by atoms with E-state index in [0.717, 1.165) is 41.3 Å². The molecule has 0 aliphatic heterocycles. The molecule has 1 fully saturated rings. The van der Waals surface area contributed by atoms with Crippen LogP contribution in [0.3, 0.4) is 0 Å². The Bertz CT molecular complexity index is 963. The molecular formula is C20H20N4O. The number of benzene rings is 1. The van der Waals surface area contributed by atoms with Crippen LogP contribution in [0.1, 0.15) is 25.3 Å². The van der Waals surface area contributed by atoms with E-state index in [1.54, 1.807) is 6.20 Å². The third-order valence-corrected chi connectivity index (χ3v) is 4.62. The molecule has 2 aromatic heterocycles. The summed E-state index contributed by atoms with van der Waals surface area (Å²) in [6.45, 7) is 2.12. The zero-order chi connectivity index (χ0) is 17.4. The first kappa shape index (κ1) is 15.6. The lowest BCUT2D eigenvalue weighted by Gasteiger charge is -2.11. The van der Waals surface area contributed by atoms with Gasteiger partial charge < -0.3 is 11.1 Å². The highest BCUT2D eigenvalue weighted by atomic mass is 16.2. The van der Waals surface area contributed by atoms with Crippen LogP contribution in [0.25, 0.3) is 22.0 Å². The van der Waals surface area contributed by atoms with Gasteiger partial charge in [-0.1, -0.05) is 31.2 Å². The Morgan fingerprint density at radius 1 is 1.28 bits per heavy atom. The molecule has 0 radical (unpaired) electrons. The normalized spacial score (nSPS) is 13.8. The predicted octanol–water partition coefficient (Wildman–Crippen LogP) is 3.79. The van der Waals surface area contributed by atoms with Gasteiger partial charge in [-0.2, -0.15) is 0 Å². The largest absolute Gasteiger partial charge is 0.383 e. The summed E-state index contributed by atoms with van der Waals surface area (Å²) in [4.78, 5) is 20.8. The second kappa shape index (κ2) is 6.16. The molecule has 0 saturated heterocycles. The second-order valence-corrected chi connectivity index (χ2v) is 6.46. The molecule has 126 valence electrons. The van der Waals surface area contributed by atoms with E-state index in [2.05, 4.69) is 34.3 Å². The number of pyridine rings is 2. The molecule has 5 nitrogen and oxygen atoms in total. The number of nitrogens with one attached hydrogen (secondary N) is 1. The quantitative estimate of drug-likeness (QED) is 0.761. The van der Waals surface area contributed by atoms with Crippen LogP contribution in [0.4, 0.5) is 11.6 Å². The number of aromatic nitrogens is 2. The van der Waals surface area contributed by atoms with Crippen LogP contribution >= 0.6 is 0 Å². The zero-order valence-corrected chi connectivity index (χ0v) is 14.1. The first-order valence-corrected chi connectivity index (χ1v) is 8.61. The van der Waals surface area contributed by atoms with Crippen LogP contribution in [-0.4, -0.2) is 15.9 Å². The highest BCUT2D eigenvalue weighted by Gasteiger charge is 2.29. The van der Waals surface area contributed by atoms with Crippen molar-refractivity contribution >= 4 is 28.3 Å². The molecule has 1 aliphatic carbocycles. The van der Waals surface area contributed by atoms with Gasteiger partial charge in [0.1, 0.15) is 11.6 Å². The minimum Gasteiger partial charge on any atom is -0.383 e. The molecular weight excluding hydrogens is 312 g/mol. The van der Waals surface area contributed by atoms with E-state index in [1.165, 1.54) is 5.56 Å². The Morgan fingerprint density at radius 3 is 2.84 bits per heavy atom. The van der Waals surface area contributed by atoms with E-state index in [9.17, 15) is 4.79 Å². The smallest absolute Gasteiger partial charge is 0.228 e. The van der Waals surface area contributed by atoms with Crippen LogP contribution in [-0.2, 0) is 11.2 Å². The summed E-state index contributed by atoms with van der Waals surface area (Å²) >= 11 is 0. The van der Waals surface area contributed by atoms with Gasteiger partial charge in [-0.3, -0.25) is 4.79 Å². The average molecular weight is 332 g/mol. The molecule has 0 atom stereocenters. The average Bonchev–Trinajstić information content (AvgIpc) is 3.46. The number of hydrogen-bond donors (Lipinski definition) is 2. The summed E-state index contributed by atoms with van der Waals surface area (Å²) in [6.07, 6.45) is 4.53. The highest BCUT2D eigenvalue weighted by molar-refractivity contribution is 5.98. The topological polar surface area (TPSA) is 80.9 Å². The Morgan fingerprint density at radius 2 is 2.08 bits per heavy atom. The molecule has 0 unspecified atom stereocenters. The molecule has 1 aromatic carbocycles. The lowest BCUT2D eigenvalue weighted by Crippen LogP contribution is -2.14. The van der Waals surface area contributed by atoms with Crippen LogP contribution in [0.5, 0.6) is 0 Å². The van der Waals surface area contributed by atoms with Crippen LogP contribution in [0, 0.1) is 5.92 Å². The third-order valence-electron chi connectivity index (χ3n) is 4.62. The fourth-order valence-corrected chi connectivity index (χ4v) is 3.03. The van der Waals surface area contributed by atoms with E-state index < -0.39 is 0 Å². The molecule has 1 amide bonds. The summed E-state index contributed by atoms with van der Waals surface area (Å²) in [5.41, 5.74) is 9.31. The summed E-state index contributed by atoms with van der Waals surface area (Å²) in [7, 11) is 0. The number of fused-ring (bicyclic) bond motifs is 1. The third kappa shape index (κ3) is 3.05. The molecule has 5 heteroatoms. The number of carbonyl (C=O) groups is 1. The van der Waals surface area contributed by atoms with Crippen molar-refractivity contribution in [3.8, 4) is 11.3 Å². The van der Waals surface area contributed by atoms with E-state index in [-0.39, 0.29) is 11.8 Å². The number of aryl methyl sites for hydroxylation is 1.